The largest absolute Gasteiger partial charge is 0.481 e. The van der Waals surface area contributed by atoms with Crippen LogP contribution in [0.5, 0.6) is 0 Å². The van der Waals surface area contributed by atoms with Crippen molar-refractivity contribution in [1.82, 2.24) is 19.3 Å². The van der Waals surface area contributed by atoms with Crippen LogP contribution in [0.25, 0.3) is 0 Å². The Kier molecular flexibility index (Phi) is 9.62. The second-order valence-corrected chi connectivity index (χ2v) is 13.8. The van der Waals surface area contributed by atoms with Crippen LogP contribution in [0.3, 0.4) is 0 Å². The number of fused-ring (bicyclic) bond motifs is 1. The minimum Gasteiger partial charge on any atom is -0.481 e. The number of aromatic nitrogens is 3. The van der Waals surface area contributed by atoms with Crippen molar-refractivity contribution in [3.63, 3.8) is 0 Å². The van der Waals surface area contributed by atoms with E-state index in [9.17, 15) is 32.2 Å². The van der Waals surface area contributed by atoms with Gasteiger partial charge in [0.1, 0.15) is 5.69 Å². The Morgan fingerprint density at radius 1 is 1.19 bits per heavy atom. The zero-order chi connectivity index (χ0) is 31.7. The molecule has 13 heteroatoms. The number of hydrogen-bond donors (Lipinski definition) is 3. The van der Waals surface area contributed by atoms with Gasteiger partial charge in [-0.1, -0.05) is 43.3 Å². The molecule has 236 valence electrons. The molecular weight excluding hydrogens is 585 g/mol. The molecule has 3 N–H and O–H groups in total. The summed E-state index contributed by atoms with van der Waals surface area (Å²) in [7, 11) is -3.78. The molecule has 43 heavy (non-hydrogen) atoms. The third-order valence-corrected chi connectivity index (χ3v) is 9.77. The molecule has 0 saturated heterocycles. The molecule has 1 aliphatic heterocycles. The van der Waals surface area contributed by atoms with E-state index in [1.165, 1.54) is 10.4 Å². The number of ether oxygens (including phenoxy) is 1. The molecule has 0 radical (unpaired) electrons. The van der Waals surface area contributed by atoms with Gasteiger partial charge in [0.05, 0.1) is 34.8 Å². The highest BCUT2D eigenvalue weighted by atomic mass is 32.3. The number of aliphatic carboxylic acids is 1. The van der Waals surface area contributed by atoms with Crippen LogP contribution in [-0.2, 0) is 41.8 Å². The number of hydrogen-bond acceptors (Lipinski definition) is 7. The fraction of sp³-hybridized carbons (Fsp3) is 0.500. The third-order valence-electron chi connectivity index (χ3n) is 7.80. The minimum atomic E-state index is -4.63. The van der Waals surface area contributed by atoms with Crippen molar-refractivity contribution in [2.75, 3.05) is 6.54 Å². The summed E-state index contributed by atoms with van der Waals surface area (Å²) in [5.74, 6) is -1.14. The second kappa shape index (κ2) is 12.6. The predicted molar refractivity (Wildman–Crippen MR) is 156 cm³/mol. The van der Waals surface area contributed by atoms with Gasteiger partial charge in [-0.2, -0.15) is 17.5 Å². The molecule has 0 saturated carbocycles. The maximum absolute atomic E-state index is 13.5. The highest BCUT2D eigenvalue weighted by Gasteiger charge is 2.40. The summed E-state index contributed by atoms with van der Waals surface area (Å²) in [6.45, 7) is 9.86. The molecule has 1 aromatic heterocycles. The molecule has 0 aliphatic carbocycles. The third kappa shape index (κ3) is 7.23. The summed E-state index contributed by atoms with van der Waals surface area (Å²) >= 11 is 0. The van der Waals surface area contributed by atoms with E-state index in [2.05, 4.69) is 10.3 Å². The highest BCUT2D eigenvalue weighted by molar-refractivity contribution is 8.22. The van der Waals surface area contributed by atoms with Crippen LogP contribution < -0.4 is 0 Å². The molecule has 1 aliphatic rings. The van der Waals surface area contributed by atoms with Gasteiger partial charge in [0.15, 0.2) is 0 Å². The Balaban J connectivity index is 1.68. The first-order valence-electron chi connectivity index (χ1n) is 14.1. The van der Waals surface area contributed by atoms with Gasteiger partial charge in [-0.05, 0) is 73.9 Å². The molecule has 0 amide bonds. The molecule has 0 spiro atoms. The SMILES string of the molecule is CCCn1cc(COC(c2ccc(C)c(CN3CC(C)Cc4ccc(C(F)(F)F)cc4S3(O)O)c2)C(C)(C)C(=O)O)nn1. The fourth-order valence-electron chi connectivity index (χ4n) is 5.30. The number of carbonyl (C=O) groups is 1. The zero-order valence-electron chi connectivity index (χ0n) is 24.9. The van der Waals surface area contributed by atoms with Crippen molar-refractivity contribution in [2.45, 2.75) is 84.3 Å². The lowest BCUT2D eigenvalue weighted by Crippen LogP contribution is -2.33. The molecule has 2 atom stereocenters. The highest BCUT2D eigenvalue weighted by Crippen LogP contribution is 2.57. The molecule has 2 aromatic carbocycles. The summed E-state index contributed by atoms with van der Waals surface area (Å²) in [5.41, 5.74) is 0.770. The van der Waals surface area contributed by atoms with E-state index < -0.39 is 40.0 Å². The maximum Gasteiger partial charge on any atom is 0.416 e. The number of halogens is 3. The Morgan fingerprint density at radius 2 is 1.91 bits per heavy atom. The van der Waals surface area contributed by atoms with Gasteiger partial charge < -0.3 is 9.84 Å². The van der Waals surface area contributed by atoms with Crippen molar-refractivity contribution >= 4 is 16.7 Å². The van der Waals surface area contributed by atoms with Gasteiger partial charge in [0, 0.05) is 19.6 Å². The van der Waals surface area contributed by atoms with Crippen molar-refractivity contribution in [2.24, 2.45) is 11.3 Å². The predicted octanol–water partition coefficient (Wildman–Crippen LogP) is 7.10. The number of nitrogens with zero attached hydrogens (tertiary/aromatic N) is 4. The van der Waals surface area contributed by atoms with Gasteiger partial charge in [-0.25, -0.2) is 0 Å². The zero-order valence-corrected chi connectivity index (χ0v) is 25.7. The fourth-order valence-corrected chi connectivity index (χ4v) is 7.15. The lowest BCUT2D eigenvalue weighted by atomic mass is 9.81. The molecule has 3 aromatic rings. The number of alkyl halides is 3. The van der Waals surface area contributed by atoms with Crippen LogP contribution in [0.2, 0.25) is 0 Å². The van der Waals surface area contributed by atoms with Gasteiger partial charge in [0.2, 0.25) is 0 Å². The van der Waals surface area contributed by atoms with Gasteiger partial charge >= 0.3 is 12.1 Å². The first-order valence-corrected chi connectivity index (χ1v) is 15.6. The summed E-state index contributed by atoms with van der Waals surface area (Å²) < 4.78 is 72.8. The van der Waals surface area contributed by atoms with E-state index in [0.717, 1.165) is 24.1 Å². The molecule has 0 bridgehead atoms. The number of carboxylic acids is 1. The number of rotatable bonds is 10. The van der Waals surface area contributed by atoms with E-state index in [1.54, 1.807) is 42.9 Å². The topological polar surface area (TPSA) is 121 Å². The normalized spacial score (nSPS) is 19.0. The average molecular weight is 625 g/mol. The smallest absolute Gasteiger partial charge is 0.416 e. The summed E-state index contributed by atoms with van der Waals surface area (Å²) in [6.07, 6.45) is -2.51. The van der Waals surface area contributed by atoms with Crippen LogP contribution in [-0.4, -0.2) is 46.0 Å². The Bertz CT molecular complexity index is 1460. The average Bonchev–Trinajstić information content (AvgIpc) is 3.33. The lowest BCUT2D eigenvalue weighted by Gasteiger charge is -2.43. The molecule has 4 rings (SSSR count). The van der Waals surface area contributed by atoms with Gasteiger partial charge in [-0.15, -0.1) is 15.9 Å². The van der Waals surface area contributed by atoms with E-state index in [0.29, 0.717) is 35.3 Å². The van der Waals surface area contributed by atoms with Crippen LogP contribution in [0, 0.1) is 18.3 Å². The summed E-state index contributed by atoms with van der Waals surface area (Å²) in [4.78, 5) is 12.2. The number of benzene rings is 2. The van der Waals surface area contributed by atoms with Crippen LogP contribution in [0.4, 0.5) is 13.2 Å². The van der Waals surface area contributed by atoms with Gasteiger partial charge in [-0.3, -0.25) is 18.6 Å². The maximum atomic E-state index is 13.5. The van der Waals surface area contributed by atoms with E-state index in [-0.39, 0.29) is 30.5 Å². The van der Waals surface area contributed by atoms with Crippen LogP contribution in [0.1, 0.15) is 73.7 Å². The number of carboxylic acid groups (broad SMARTS) is 1. The van der Waals surface area contributed by atoms with Crippen molar-refractivity contribution in [1.29, 1.82) is 0 Å². The minimum absolute atomic E-state index is 0.0214. The van der Waals surface area contributed by atoms with Crippen LogP contribution in [0.15, 0.2) is 47.5 Å². The van der Waals surface area contributed by atoms with Crippen LogP contribution >= 0.6 is 10.8 Å². The number of aryl methyl sites for hydroxylation is 2. The van der Waals surface area contributed by atoms with E-state index in [4.69, 9.17) is 4.74 Å². The van der Waals surface area contributed by atoms with E-state index >= 15 is 0 Å². The summed E-state index contributed by atoms with van der Waals surface area (Å²) in [6, 6.07) is 8.49. The van der Waals surface area contributed by atoms with Crippen molar-refractivity contribution in [3.8, 4) is 0 Å². The first-order chi connectivity index (χ1) is 20.0. The van der Waals surface area contributed by atoms with Crippen molar-refractivity contribution < 1.29 is 36.9 Å². The molecule has 0 fully saturated rings. The quantitative estimate of drug-likeness (QED) is 0.218. The Morgan fingerprint density at radius 3 is 2.56 bits per heavy atom. The Hall–Kier alpha value is -2.97. The van der Waals surface area contributed by atoms with Crippen molar-refractivity contribution in [3.05, 3.63) is 76.1 Å². The summed E-state index contributed by atoms with van der Waals surface area (Å²) in [5, 5.41) is 18.3. The standard InChI is InChI=1S/C30H39F3N4O5S/c1-6-11-36-17-25(34-35-36)18-42-27(29(4,5)28(38)39)22-8-7-20(3)23(13-22)16-37-15-19(2)12-21-9-10-24(30(31,32)33)14-26(21)43(37,40)41/h7-10,13-14,17,19,27,40-41H,6,11-12,15-16,18H2,1-5H3,(H,38,39). The molecule has 9 nitrogen and oxygen atoms in total. The molecule has 2 heterocycles. The second-order valence-electron chi connectivity index (χ2n) is 11.8. The molecular formula is C30H39F3N4O5S. The Labute approximate surface area is 251 Å². The molecule has 2 unspecified atom stereocenters. The monoisotopic (exact) mass is 624 g/mol. The van der Waals surface area contributed by atoms with E-state index in [1.807, 2.05) is 20.8 Å². The lowest BCUT2D eigenvalue weighted by molar-refractivity contribution is -0.158. The first kappa shape index (κ1) is 32.9. The van der Waals surface area contributed by atoms with Gasteiger partial charge in [0.25, 0.3) is 0 Å².